The molecule has 2 N–H and O–H groups in total. The van der Waals surface area contributed by atoms with Gasteiger partial charge >= 0.3 is 0 Å². The molecule has 1 saturated carbocycles. The van der Waals surface area contributed by atoms with E-state index in [9.17, 15) is 14.4 Å². The predicted molar refractivity (Wildman–Crippen MR) is 144 cm³/mol. The molecule has 2 aliphatic rings. The Morgan fingerprint density at radius 3 is 2.73 bits per heavy atom. The van der Waals surface area contributed by atoms with E-state index in [1.54, 1.807) is 23.9 Å². The lowest BCUT2D eigenvalue weighted by Gasteiger charge is -2.35. The Balaban J connectivity index is 1.38. The van der Waals surface area contributed by atoms with Crippen molar-refractivity contribution in [1.82, 2.24) is 24.7 Å². The summed E-state index contributed by atoms with van der Waals surface area (Å²) in [6, 6.07) is 12.3. The molecule has 3 heterocycles. The monoisotopic (exact) mass is 503 g/mol. The van der Waals surface area contributed by atoms with E-state index in [0.29, 0.717) is 19.6 Å². The van der Waals surface area contributed by atoms with Crippen molar-refractivity contribution in [3.05, 3.63) is 70.3 Å². The third kappa shape index (κ3) is 5.64. The van der Waals surface area contributed by atoms with Gasteiger partial charge in [0.25, 0.3) is 5.56 Å². The number of aryl methyl sites for hydroxylation is 2. The van der Waals surface area contributed by atoms with E-state index >= 15 is 0 Å². The quantitative estimate of drug-likeness (QED) is 0.440. The summed E-state index contributed by atoms with van der Waals surface area (Å²) in [7, 11) is 1.75. The zero-order chi connectivity index (χ0) is 25.9. The summed E-state index contributed by atoms with van der Waals surface area (Å²) in [4.78, 5) is 39.7. The van der Waals surface area contributed by atoms with Crippen molar-refractivity contribution in [2.75, 3.05) is 19.6 Å². The van der Waals surface area contributed by atoms with Crippen LogP contribution in [0, 0.1) is 5.92 Å². The molecule has 1 saturated heterocycles. The van der Waals surface area contributed by atoms with Gasteiger partial charge in [-0.2, -0.15) is 0 Å². The van der Waals surface area contributed by atoms with Gasteiger partial charge in [-0.1, -0.05) is 18.2 Å². The van der Waals surface area contributed by atoms with E-state index in [2.05, 4.69) is 38.4 Å². The summed E-state index contributed by atoms with van der Waals surface area (Å²) in [5.41, 5.74) is 3.24. The normalized spacial score (nSPS) is 19.6. The van der Waals surface area contributed by atoms with Crippen LogP contribution >= 0.6 is 0 Å². The summed E-state index contributed by atoms with van der Waals surface area (Å²) in [6.45, 7) is 5.04. The van der Waals surface area contributed by atoms with Crippen LogP contribution in [0.4, 0.5) is 0 Å². The van der Waals surface area contributed by atoms with Crippen molar-refractivity contribution >= 4 is 22.7 Å². The minimum Gasteiger partial charge on any atom is -0.356 e. The molecule has 37 heavy (non-hydrogen) atoms. The molecule has 2 atom stereocenters. The zero-order valence-corrected chi connectivity index (χ0v) is 21.8. The highest BCUT2D eigenvalue weighted by Gasteiger charge is 2.40. The van der Waals surface area contributed by atoms with E-state index in [0.717, 1.165) is 55.4 Å². The average molecular weight is 504 g/mol. The van der Waals surface area contributed by atoms with Gasteiger partial charge in [0, 0.05) is 75.6 Å². The van der Waals surface area contributed by atoms with Crippen LogP contribution in [0.25, 0.3) is 10.9 Å². The fourth-order valence-electron chi connectivity index (χ4n) is 5.63. The highest BCUT2D eigenvalue weighted by Crippen LogP contribution is 2.36. The van der Waals surface area contributed by atoms with Gasteiger partial charge in [0.05, 0.1) is 5.92 Å². The van der Waals surface area contributed by atoms with E-state index in [1.807, 2.05) is 18.2 Å². The molecule has 0 bridgehead atoms. The Kier molecular flexibility index (Phi) is 7.46. The van der Waals surface area contributed by atoms with Crippen LogP contribution in [0.1, 0.15) is 49.7 Å². The van der Waals surface area contributed by atoms with Gasteiger partial charge in [0.15, 0.2) is 0 Å². The number of rotatable bonds is 9. The summed E-state index contributed by atoms with van der Waals surface area (Å²) in [6.07, 6.45) is 7.75. The van der Waals surface area contributed by atoms with Crippen LogP contribution in [-0.2, 0) is 29.7 Å². The molecule has 1 aliphatic heterocycles. The second-order valence-corrected chi connectivity index (χ2v) is 10.5. The number of hydrogen-bond donors (Lipinski definition) is 2. The maximum Gasteiger partial charge on any atom is 0.250 e. The molecule has 8 heteroatoms. The van der Waals surface area contributed by atoms with Gasteiger partial charge in [-0.05, 0) is 61.4 Å². The van der Waals surface area contributed by atoms with Crippen LogP contribution in [0.2, 0.25) is 0 Å². The number of carbonyl (C=O) groups is 2. The number of benzene rings is 1. The van der Waals surface area contributed by atoms with Crippen molar-refractivity contribution in [3.8, 4) is 0 Å². The summed E-state index contributed by atoms with van der Waals surface area (Å²) < 4.78 is 3.82. The van der Waals surface area contributed by atoms with E-state index in [1.165, 1.54) is 12.3 Å². The van der Waals surface area contributed by atoms with E-state index in [-0.39, 0.29) is 35.3 Å². The highest BCUT2D eigenvalue weighted by molar-refractivity contribution is 5.85. The van der Waals surface area contributed by atoms with Crippen LogP contribution < -0.4 is 16.2 Å². The minimum atomic E-state index is -0.188. The van der Waals surface area contributed by atoms with Crippen LogP contribution in [0.5, 0.6) is 0 Å². The lowest BCUT2D eigenvalue weighted by atomic mass is 9.80. The van der Waals surface area contributed by atoms with Crippen LogP contribution in [-0.4, -0.2) is 51.5 Å². The number of aromatic nitrogens is 2. The Hall–Kier alpha value is -3.39. The SMILES string of the molecule is CC(=O)NCCCn1cc(CN(C(=O)C2CNCCC2c2ccn(C)c(=O)c2)C2CC2)c2ccccc21. The largest absolute Gasteiger partial charge is 0.356 e. The first-order valence-electron chi connectivity index (χ1n) is 13.4. The van der Waals surface area contributed by atoms with Crippen LogP contribution in [0.15, 0.2) is 53.6 Å². The van der Waals surface area contributed by atoms with Crippen molar-refractivity contribution in [2.45, 2.75) is 57.7 Å². The number of carbonyl (C=O) groups excluding carboxylic acids is 2. The van der Waals surface area contributed by atoms with Crippen molar-refractivity contribution < 1.29 is 9.59 Å². The minimum absolute atomic E-state index is 0.0111. The Labute approximate surface area is 217 Å². The molecule has 1 aliphatic carbocycles. The summed E-state index contributed by atoms with van der Waals surface area (Å²) in [5.74, 6) is 0.0253. The summed E-state index contributed by atoms with van der Waals surface area (Å²) >= 11 is 0. The number of para-hydroxylation sites is 1. The van der Waals surface area contributed by atoms with Gasteiger partial charge in [0.2, 0.25) is 11.8 Å². The second-order valence-electron chi connectivity index (χ2n) is 10.5. The molecular weight excluding hydrogens is 466 g/mol. The number of nitrogens with one attached hydrogen (secondary N) is 2. The molecule has 2 fully saturated rings. The smallest absolute Gasteiger partial charge is 0.250 e. The van der Waals surface area contributed by atoms with Crippen molar-refractivity contribution in [2.24, 2.45) is 13.0 Å². The molecule has 2 amide bonds. The third-order valence-corrected chi connectivity index (χ3v) is 7.79. The Morgan fingerprint density at radius 2 is 1.97 bits per heavy atom. The molecular formula is C29H37N5O3. The average Bonchev–Trinajstić information content (AvgIpc) is 3.69. The van der Waals surface area contributed by atoms with E-state index < -0.39 is 0 Å². The predicted octanol–water partition coefficient (Wildman–Crippen LogP) is 2.75. The lowest BCUT2D eigenvalue weighted by molar-refractivity contribution is -0.138. The topological polar surface area (TPSA) is 88.4 Å². The third-order valence-electron chi connectivity index (χ3n) is 7.79. The molecule has 8 nitrogen and oxygen atoms in total. The highest BCUT2D eigenvalue weighted by atomic mass is 16.2. The molecule has 1 aromatic carbocycles. The zero-order valence-electron chi connectivity index (χ0n) is 21.8. The van der Waals surface area contributed by atoms with Gasteiger partial charge in [-0.15, -0.1) is 0 Å². The number of nitrogens with zero attached hydrogens (tertiary/aromatic N) is 3. The first kappa shape index (κ1) is 25.3. The lowest BCUT2D eigenvalue weighted by Crippen LogP contribution is -2.47. The maximum atomic E-state index is 14.1. The summed E-state index contributed by atoms with van der Waals surface area (Å²) in [5, 5.41) is 7.47. The van der Waals surface area contributed by atoms with E-state index in [4.69, 9.17) is 0 Å². The molecule has 0 spiro atoms. The molecule has 0 radical (unpaired) electrons. The van der Waals surface area contributed by atoms with Gasteiger partial charge in [-0.25, -0.2) is 0 Å². The molecule has 196 valence electrons. The molecule has 3 aromatic rings. The molecule has 5 rings (SSSR count). The number of fused-ring (bicyclic) bond motifs is 1. The standard InChI is InChI=1S/C29H37N5O3/c1-20(35)31-12-5-14-33-18-22(25-6-3-4-7-27(25)33)19-34(23-8-9-23)29(37)26-17-30-13-10-24(26)21-11-15-32(2)28(36)16-21/h3-4,6-7,11,15-16,18,23-24,26,30H,5,8-10,12-14,17,19H2,1-2H3,(H,31,35). The maximum absolute atomic E-state index is 14.1. The van der Waals surface area contributed by atoms with Crippen LogP contribution in [0.3, 0.4) is 0 Å². The van der Waals surface area contributed by atoms with Gasteiger partial charge in [-0.3, -0.25) is 14.4 Å². The number of hydrogen-bond acceptors (Lipinski definition) is 4. The first-order chi connectivity index (χ1) is 17.9. The first-order valence-corrected chi connectivity index (χ1v) is 13.4. The second kappa shape index (κ2) is 10.9. The number of amides is 2. The van der Waals surface area contributed by atoms with Crippen molar-refractivity contribution in [3.63, 3.8) is 0 Å². The molecule has 2 aromatic heterocycles. The Morgan fingerprint density at radius 1 is 1.16 bits per heavy atom. The number of pyridine rings is 1. The molecule has 2 unspecified atom stereocenters. The number of piperidine rings is 1. The van der Waals surface area contributed by atoms with Gasteiger partial charge in [0.1, 0.15) is 0 Å². The fraction of sp³-hybridized carbons (Fsp3) is 0.483. The Bertz CT molecular complexity index is 1340. The fourth-order valence-corrected chi connectivity index (χ4v) is 5.63. The van der Waals surface area contributed by atoms with Crippen molar-refractivity contribution in [1.29, 1.82) is 0 Å². The van der Waals surface area contributed by atoms with Gasteiger partial charge < -0.3 is 24.7 Å².